The maximum absolute atomic E-state index is 12.3. The number of anilines is 3. The summed E-state index contributed by atoms with van der Waals surface area (Å²) in [5, 5.41) is 17.9. The summed E-state index contributed by atoms with van der Waals surface area (Å²) >= 11 is 0. The predicted octanol–water partition coefficient (Wildman–Crippen LogP) is 3.53. The van der Waals surface area contributed by atoms with E-state index < -0.39 is 16.6 Å². The molecule has 2 N–H and O–H groups in total. The number of aromatic nitrogens is 3. The van der Waals surface area contributed by atoms with Crippen LogP contribution in [-0.2, 0) is 14.8 Å². The van der Waals surface area contributed by atoms with E-state index in [0.717, 1.165) is 93.4 Å². The molecule has 0 aliphatic carbocycles. The molecule has 0 saturated carbocycles. The molecule has 8 bridgehead atoms. The fraction of sp³-hybridized carbons (Fsp3) is 0.536. The van der Waals surface area contributed by atoms with Crippen molar-refractivity contribution in [1.29, 1.82) is 0 Å². The Bertz CT molecular complexity index is 1410. The number of nitrogens with one attached hydrogen (secondary N) is 1. The van der Waals surface area contributed by atoms with Gasteiger partial charge in [-0.3, -0.25) is 4.72 Å². The van der Waals surface area contributed by atoms with E-state index in [1.54, 1.807) is 24.4 Å². The summed E-state index contributed by atoms with van der Waals surface area (Å²) in [6.45, 7) is 3.82. The second-order valence-corrected chi connectivity index (χ2v) is 12.7. The number of aliphatic hydroxyl groups is 1. The van der Waals surface area contributed by atoms with Crippen molar-refractivity contribution in [1.82, 2.24) is 15.2 Å². The zero-order valence-electron chi connectivity index (χ0n) is 22.5. The smallest absolute Gasteiger partial charge is 0.250 e. The van der Waals surface area contributed by atoms with Crippen molar-refractivity contribution in [3.05, 3.63) is 36.5 Å². The molecule has 3 aromatic rings. The standard InChI is InChI=1S/C28H36N6O5S/c35-15-17-40(36,37)32-22-3-4-24-25(19-22)33-13-8-23(9-14-33)38-16-1-2-20-6-11-34(12-7-20)26-18-21(5-10-29-26)27-30-31-28(24)39-27/h3-5,10,18-20,23,32,35H,1-2,6-9,11-17H2. The van der Waals surface area contributed by atoms with Crippen molar-refractivity contribution in [2.45, 2.75) is 44.6 Å². The first-order chi connectivity index (χ1) is 19.5. The maximum Gasteiger partial charge on any atom is 0.250 e. The Labute approximate surface area is 234 Å². The van der Waals surface area contributed by atoms with Gasteiger partial charge in [-0.25, -0.2) is 13.4 Å². The van der Waals surface area contributed by atoms with E-state index in [2.05, 4.69) is 29.7 Å². The van der Waals surface area contributed by atoms with Crippen LogP contribution in [0.2, 0.25) is 0 Å². The third kappa shape index (κ3) is 6.08. The number of sulfonamides is 1. The summed E-state index contributed by atoms with van der Waals surface area (Å²) in [6.07, 6.45) is 8.34. The predicted molar refractivity (Wildman–Crippen MR) is 153 cm³/mol. The Hall–Kier alpha value is -3.22. The molecule has 11 nitrogen and oxygen atoms in total. The highest BCUT2D eigenvalue weighted by atomic mass is 32.2. The molecule has 2 aromatic heterocycles. The van der Waals surface area contributed by atoms with Crippen LogP contribution in [0.15, 0.2) is 40.9 Å². The van der Waals surface area contributed by atoms with E-state index in [4.69, 9.17) is 14.3 Å². The van der Waals surface area contributed by atoms with Gasteiger partial charge in [-0.15, -0.1) is 10.2 Å². The molecule has 6 aliphatic heterocycles. The first kappa shape index (κ1) is 27.0. The van der Waals surface area contributed by atoms with Crippen LogP contribution in [0, 0.1) is 5.92 Å². The van der Waals surface area contributed by atoms with Crippen molar-refractivity contribution in [2.24, 2.45) is 5.92 Å². The van der Waals surface area contributed by atoms with Gasteiger partial charge in [-0.2, -0.15) is 0 Å². The summed E-state index contributed by atoms with van der Waals surface area (Å²) in [4.78, 5) is 9.16. The normalized spacial score (nSPS) is 21.7. The van der Waals surface area contributed by atoms with Crippen molar-refractivity contribution < 1.29 is 22.7 Å². The second-order valence-electron chi connectivity index (χ2n) is 10.8. The molecule has 1 aromatic carbocycles. The summed E-state index contributed by atoms with van der Waals surface area (Å²) in [5.41, 5.74) is 2.77. The van der Waals surface area contributed by atoms with E-state index in [0.29, 0.717) is 17.5 Å². The monoisotopic (exact) mass is 568 g/mol. The van der Waals surface area contributed by atoms with Gasteiger partial charge in [-0.05, 0) is 74.8 Å². The zero-order chi connectivity index (χ0) is 27.5. The van der Waals surface area contributed by atoms with E-state index in [1.807, 2.05) is 12.1 Å². The molecule has 6 aliphatic rings. The number of nitrogens with zero attached hydrogens (tertiary/aromatic N) is 5. The van der Waals surface area contributed by atoms with Crippen LogP contribution in [0.3, 0.4) is 0 Å². The van der Waals surface area contributed by atoms with Gasteiger partial charge in [-0.1, -0.05) is 0 Å². The lowest BCUT2D eigenvalue weighted by atomic mass is 9.92. The van der Waals surface area contributed by atoms with Gasteiger partial charge in [0, 0.05) is 44.5 Å². The molecule has 9 rings (SSSR count). The topological polar surface area (TPSA) is 134 Å². The highest BCUT2D eigenvalue weighted by molar-refractivity contribution is 7.92. The molecule has 214 valence electrons. The first-order valence-electron chi connectivity index (χ1n) is 14.1. The van der Waals surface area contributed by atoms with E-state index in [1.165, 1.54) is 6.42 Å². The van der Waals surface area contributed by atoms with Crippen LogP contribution < -0.4 is 14.5 Å². The molecule has 2 fully saturated rings. The minimum absolute atomic E-state index is 0.213. The van der Waals surface area contributed by atoms with Crippen LogP contribution in [0.5, 0.6) is 0 Å². The summed E-state index contributed by atoms with van der Waals surface area (Å²) in [5.74, 6) is 2.04. The van der Waals surface area contributed by atoms with Crippen molar-refractivity contribution in [3.63, 3.8) is 0 Å². The Balaban J connectivity index is 1.35. The molecular weight excluding hydrogens is 532 g/mol. The summed E-state index contributed by atoms with van der Waals surface area (Å²) in [7, 11) is -3.67. The molecule has 0 atom stereocenters. The Kier molecular flexibility index (Phi) is 7.90. The third-order valence-electron chi connectivity index (χ3n) is 8.11. The molecular formula is C28H36N6O5S. The molecule has 0 unspecified atom stereocenters. The van der Waals surface area contributed by atoms with Crippen LogP contribution >= 0.6 is 0 Å². The lowest BCUT2D eigenvalue weighted by Gasteiger charge is -2.35. The molecule has 8 heterocycles. The van der Waals surface area contributed by atoms with E-state index in [9.17, 15) is 8.42 Å². The molecule has 0 spiro atoms. The number of pyridine rings is 1. The van der Waals surface area contributed by atoms with Crippen LogP contribution in [-0.4, -0.2) is 80.0 Å². The SMILES string of the molecule is O=S(=O)(CCO)Nc1ccc2c(c1)N1CCC(CC1)OCCCC1CCN(CC1)c1cc(ccn1)-c1nnc-2o1. The molecule has 0 radical (unpaired) electrons. The van der Waals surface area contributed by atoms with Gasteiger partial charge in [0.1, 0.15) is 5.82 Å². The molecule has 40 heavy (non-hydrogen) atoms. The lowest BCUT2D eigenvalue weighted by molar-refractivity contribution is 0.0329. The van der Waals surface area contributed by atoms with Gasteiger partial charge in [0.25, 0.3) is 0 Å². The number of aliphatic hydroxyl groups excluding tert-OH is 1. The number of rotatable bonds is 4. The summed E-state index contributed by atoms with van der Waals surface area (Å²) in [6, 6.07) is 9.18. The minimum Gasteiger partial charge on any atom is -0.416 e. The van der Waals surface area contributed by atoms with E-state index >= 15 is 0 Å². The van der Waals surface area contributed by atoms with Gasteiger partial charge in [0.2, 0.25) is 21.8 Å². The lowest BCUT2D eigenvalue weighted by Crippen LogP contribution is -2.37. The minimum atomic E-state index is -3.67. The quantitative estimate of drug-likeness (QED) is 0.481. The number of piperidine rings is 2. The highest BCUT2D eigenvalue weighted by Gasteiger charge is 2.26. The highest BCUT2D eigenvalue weighted by Crippen LogP contribution is 2.37. The first-order valence-corrected chi connectivity index (χ1v) is 15.8. The van der Waals surface area contributed by atoms with E-state index in [-0.39, 0.29) is 11.9 Å². The fourth-order valence-corrected chi connectivity index (χ4v) is 6.73. The Morgan fingerprint density at radius 1 is 0.950 bits per heavy atom. The largest absolute Gasteiger partial charge is 0.416 e. The summed E-state index contributed by atoms with van der Waals surface area (Å²) < 4.78 is 39.7. The fourth-order valence-electron chi connectivity index (χ4n) is 5.90. The molecule has 2 saturated heterocycles. The van der Waals surface area contributed by atoms with Gasteiger partial charge >= 0.3 is 0 Å². The Morgan fingerprint density at radius 3 is 2.52 bits per heavy atom. The second kappa shape index (κ2) is 11.7. The van der Waals surface area contributed by atoms with Crippen LogP contribution in [0.25, 0.3) is 22.9 Å². The average molecular weight is 569 g/mol. The van der Waals surface area contributed by atoms with Gasteiger partial charge in [0.15, 0.2) is 0 Å². The number of hydrogen-bond acceptors (Lipinski definition) is 10. The molecule has 0 amide bonds. The third-order valence-corrected chi connectivity index (χ3v) is 9.38. The van der Waals surface area contributed by atoms with Gasteiger partial charge in [0.05, 0.1) is 35.4 Å². The van der Waals surface area contributed by atoms with Crippen molar-refractivity contribution in [3.8, 4) is 22.9 Å². The Morgan fingerprint density at radius 2 is 1.73 bits per heavy atom. The van der Waals surface area contributed by atoms with Crippen LogP contribution in [0.1, 0.15) is 38.5 Å². The molecule has 12 heteroatoms. The van der Waals surface area contributed by atoms with Crippen LogP contribution in [0.4, 0.5) is 17.2 Å². The number of benzene rings is 1. The van der Waals surface area contributed by atoms with Crippen molar-refractivity contribution in [2.75, 3.05) is 59.7 Å². The van der Waals surface area contributed by atoms with Gasteiger partial charge < -0.3 is 24.1 Å². The average Bonchev–Trinajstić information content (AvgIpc) is 3.46. The number of ether oxygens (including phenoxy) is 1. The maximum atomic E-state index is 12.3. The zero-order valence-corrected chi connectivity index (χ0v) is 23.4. The van der Waals surface area contributed by atoms with Crippen molar-refractivity contribution >= 4 is 27.2 Å². The number of hydrogen-bond donors (Lipinski definition) is 2.